The molecule has 2 aliphatic rings. The van der Waals surface area contributed by atoms with Gasteiger partial charge in [0.25, 0.3) is 5.91 Å². The Hall–Kier alpha value is -3.35. The molecule has 1 aromatic carbocycles. The number of nitrogens with two attached hydrogens (primary N) is 1. The SMILES string of the molecule is COc1c(C(=O)NC2CCN(CC3CCN(C(=O)C(C)C)CC3)CC2OC)c2oc(=O)ccc(=O)oc1c(N)c2Cl. The first-order chi connectivity index (χ1) is 19.5. The number of anilines is 1. The zero-order valence-electron chi connectivity index (χ0n) is 23.7. The van der Waals surface area contributed by atoms with E-state index in [-0.39, 0.29) is 57.2 Å². The van der Waals surface area contributed by atoms with Crippen LogP contribution in [0.3, 0.4) is 0 Å². The lowest BCUT2D eigenvalue weighted by atomic mass is 9.93. The fourth-order valence-electron chi connectivity index (χ4n) is 5.53. The zero-order valence-corrected chi connectivity index (χ0v) is 24.5. The first kappa shape index (κ1) is 30.6. The van der Waals surface area contributed by atoms with Gasteiger partial charge in [0.15, 0.2) is 16.9 Å². The third-order valence-electron chi connectivity index (χ3n) is 7.73. The number of likely N-dealkylation sites (tertiary alicyclic amines) is 2. The van der Waals surface area contributed by atoms with E-state index in [9.17, 15) is 19.2 Å². The molecule has 2 amide bonds. The molecule has 0 radical (unpaired) electrons. The number of carbonyl (C=O) groups is 2. The summed E-state index contributed by atoms with van der Waals surface area (Å²) in [7, 11) is 2.86. The molecule has 2 fully saturated rings. The van der Waals surface area contributed by atoms with E-state index in [0.29, 0.717) is 18.9 Å². The van der Waals surface area contributed by atoms with Crippen LogP contribution in [-0.4, -0.2) is 80.7 Å². The van der Waals surface area contributed by atoms with Crippen molar-refractivity contribution in [3.63, 3.8) is 0 Å². The van der Waals surface area contributed by atoms with Crippen molar-refractivity contribution in [1.29, 1.82) is 0 Å². The van der Waals surface area contributed by atoms with E-state index in [1.807, 2.05) is 18.7 Å². The average molecular weight is 593 g/mol. The molecule has 2 aliphatic heterocycles. The lowest BCUT2D eigenvalue weighted by Gasteiger charge is -2.41. The van der Waals surface area contributed by atoms with Crippen LogP contribution in [0.2, 0.25) is 5.02 Å². The van der Waals surface area contributed by atoms with Crippen molar-refractivity contribution in [3.8, 4) is 5.75 Å². The number of rotatable bonds is 7. The Balaban J connectivity index is 1.51. The second-order valence-electron chi connectivity index (χ2n) is 10.8. The second kappa shape index (κ2) is 13.1. The number of ether oxygens (including phenoxy) is 2. The molecule has 5 rings (SSSR count). The molecular formula is C28H37ClN4O8. The maximum Gasteiger partial charge on any atom is 0.336 e. The molecule has 12 nitrogen and oxygen atoms in total. The number of nitrogens with one attached hydrogen (secondary N) is 1. The molecule has 2 saturated heterocycles. The molecule has 0 spiro atoms. The molecule has 2 unspecified atom stereocenters. The topological polar surface area (TPSA) is 158 Å². The number of halogens is 1. The highest BCUT2D eigenvalue weighted by atomic mass is 35.5. The number of amides is 2. The van der Waals surface area contributed by atoms with Crippen molar-refractivity contribution in [1.82, 2.24) is 15.1 Å². The number of hydrogen-bond acceptors (Lipinski definition) is 10. The van der Waals surface area contributed by atoms with Gasteiger partial charge in [-0.25, -0.2) is 9.59 Å². The minimum Gasteiger partial charge on any atom is -0.492 e. The highest BCUT2D eigenvalue weighted by Gasteiger charge is 2.35. The standard InChI is InChI=1S/C28H37ClN4O8/c1-15(2)28(37)33-11-7-16(8-12-33)13-32-10-9-17(18(14-32)38-3)31-27(36)21-24-22(29)23(30)26(25(21)39-4)41-20(35)6-5-19(34)40-24/h5-6,15-18H,7-14,30H2,1-4H3,(H,31,36). The Labute approximate surface area is 242 Å². The third kappa shape index (κ3) is 6.77. The van der Waals surface area contributed by atoms with Crippen molar-refractivity contribution >= 4 is 40.3 Å². The Bertz CT molecular complexity index is 1430. The minimum absolute atomic E-state index is 0.00541. The predicted octanol–water partition coefficient (Wildman–Crippen LogP) is 2.27. The summed E-state index contributed by atoms with van der Waals surface area (Å²) in [4.78, 5) is 54.8. The monoisotopic (exact) mass is 592 g/mol. The Morgan fingerprint density at radius 2 is 1.71 bits per heavy atom. The Morgan fingerprint density at radius 1 is 1.07 bits per heavy atom. The van der Waals surface area contributed by atoms with Crippen LogP contribution in [0, 0.1) is 11.8 Å². The van der Waals surface area contributed by atoms with Gasteiger partial charge in [0.1, 0.15) is 16.3 Å². The molecule has 41 heavy (non-hydrogen) atoms. The van der Waals surface area contributed by atoms with Crippen LogP contribution < -0.4 is 27.0 Å². The minimum atomic E-state index is -0.948. The summed E-state index contributed by atoms with van der Waals surface area (Å²) < 4.78 is 21.8. The second-order valence-corrected chi connectivity index (χ2v) is 11.2. The van der Waals surface area contributed by atoms with Crippen molar-refractivity contribution in [2.45, 2.75) is 45.3 Å². The van der Waals surface area contributed by atoms with Crippen LogP contribution in [0.5, 0.6) is 5.75 Å². The average Bonchev–Trinajstić information content (AvgIpc) is 2.96. The predicted molar refractivity (Wildman–Crippen MR) is 153 cm³/mol. The van der Waals surface area contributed by atoms with Crippen LogP contribution in [-0.2, 0) is 9.53 Å². The van der Waals surface area contributed by atoms with Crippen molar-refractivity contribution in [2.75, 3.05) is 52.7 Å². The summed E-state index contributed by atoms with van der Waals surface area (Å²) >= 11 is 6.37. The third-order valence-corrected chi connectivity index (χ3v) is 8.11. The van der Waals surface area contributed by atoms with E-state index in [1.54, 1.807) is 7.11 Å². The van der Waals surface area contributed by atoms with Crippen LogP contribution in [0.25, 0.3) is 11.2 Å². The van der Waals surface area contributed by atoms with E-state index >= 15 is 0 Å². The first-order valence-corrected chi connectivity index (χ1v) is 14.1. The molecule has 3 N–H and O–H groups in total. The lowest BCUT2D eigenvalue weighted by molar-refractivity contribution is -0.136. The van der Waals surface area contributed by atoms with E-state index in [1.165, 1.54) is 7.11 Å². The van der Waals surface area contributed by atoms with E-state index < -0.39 is 17.2 Å². The lowest BCUT2D eigenvalue weighted by Crippen LogP contribution is -2.55. The summed E-state index contributed by atoms with van der Waals surface area (Å²) in [6.45, 7) is 7.61. The quantitative estimate of drug-likeness (QED) is 0.457. The summed E-state index contributed by atoms with van der Waals surface area (Å²) in [5.41, 5.74) is 3.19. The normalized spacial score (nSPS) is 20.3. The molecule has 224 valence electrons. The maximum absolute atomic E-state index is 13.7. The fraction of sp³-hybridized carbons (Fsp3) is 0.571. The summed E-state index contributed by atoms with van der Waals surface area (Å²) in [6, 6.07) is 1.36. The van der Waals surface area contributed by atoms with Gasteiger partial charge in [-0.05, 0) is 25.2 Å². The summed E-state index contributed by atoms with van der Waals surface area (Å²) in [5, 5.41) is 2.70. The van der Waals surface area contributed by atoms with Gasteiger partial charge in [0.2, 0.25) is 5.91 Å². The number of methoxy groups -OCH3 is 2. The fourth-order valence-corrected chi connectivity index (χ4v) is 5.75. The molecule has 3 aromatic rings. The molecule has 2 aromatic heterocycles. The van der Waals surface area contributed by atoms with Crippen LogP contribution >= 0.6 is 11.6 Å². The number of benzene rings is 1. The smallest absolute Gasteiger partial charge is 0.336 e. The van der Waals surface area contributed by atoms with Crippen LogP contribution in [0.1, 0.15) is 43.5 Å². The highest BCUT2D eigenvalue weighted by molar-refractivity contribution is 6.38. The van der Waals surface area contributed by atoms with Gasteiger partial charge >= 0.3 is 11.3 Å². The Morgan fingerprint density at radius 3 is 2.29 bits per heavy atom. The van der Waals surface area contributed by atoms with Gasteiger partial charge in [-0.1, -0.05) is 25.4 Å². The molecule has 2 bridgehead atoms. The van der Waals surface area contributed by atoms with Crippen LogP contribution in [0.4, 0.5) is 5.69 Å². The number of nitrogens with zero attached hydrogens (tertiary/aromatic N) is 2. The van der Waals surface area contributed by atoms with E-state index in [0.717, 1.165) is 51.2 Å². The largest absolute Gasteiger partial charge is 0.492 e. The van der Waals surface area contributed by atoms with Gasteiger partial charge in [0.05, 0.1) is 19.3 Å². The van der Waals surface area contributed by atoms with Crippen molar-refractivity contribution in [2.24, 2.45) is 11.8 Å². The summed E-state index contributed by atoms with van der Waals surface area (Å²) in [6.07, 6.45) is 2.18. The maximum atomic E-state index is 13.7. The summed E-state index contributed by atoms with van der Waals surface area (Å²) in [5.74, 6) is -0.163. The molecule has 0 saturated carbocycles. The highest BCUT2D eigenvalue weighted by Crippen LogP contribution is 2.39. The van der Waals surface area contributed by atoms with Crippen LogP contribution in [0.15, 0.2) is 30.6 Å². The number of nitrogen functional groups attached to an aromatic ring is 1. The molecular weight excluding hydrogens is 556 g/mol. The number of piperidine rings is 2. The molecule has 13 heteroatoms. The zero-order chi connectivity index (χ0) is 29.8. The Kier molecular flexibility index (Phi) is 9.77. The van der Waals surface area contributed by atoms with Crippen molar-refractivity contribution < 1.29 is 27.9 Å². The van der Waals surface area contributed by atoms with E-state index in [4.69, 9.17) is 35.6 Å². The number of fused-ring (bicyclic) bond motifs is 7. The molecule has 2 atom stereocenters. The number of carbonyl (C=O) groups excluding carboxylic acids is 2. The van der Waals surface area contributed by atoms with Gasteiger partial charge in [-0.2, -0.15) is 0 Å². The first-order valence-electron chi connectivity index (χ1n) is 13.7. The van der Waals surface area contributed by atoms with Gasteiger partial charge in [0, 0.05) is 57.9 Å². The molecule has 4 heterocycles. The van der Waals surface area contributed by atoms with Gasteiger partial charge in [-0.15, -0.1) is 0 Å². The molecule has 0 aliphatic carbocycles. The van der Waals surface area contributed by atoms with E-state index in [2.05, 4.69) is 10.2 Å². The van der Waals surface area contributed by atoms with Gasteiger partial charge in [-0.3, -0.25) is 9.59 Å². The van der Waals surface area contributed by atoms with Crippen molar-refractivity contribution in [3.05, 3.63) is 43.6 Å². The number of hydrogen-bond donors (Lipinski definition) is 2. The van der Waals surface area contributed by atoms with Gasteiger partial charge < -0.3 is 39.2 Å².